The van der Waals surface area contributed by atoms with Crippen molar-refractivity contribution in [3.63, 3.8) is 0 Å². The number of phenolic OH excluding ortho intramolecular Hbond substituents is 1. The number of carbonyl (C=O) groups excluding carboxylic acids is 1. The van der Waals surface area contributed by atoms with Gasteiger partial charge in [-0.15, -0.1) is 0 Å². The molecule has 0 amide bonds. The molecule has 1 aliphatic heterocycles. The van der Waals surface area contributed by atoms with Crippen molar-refractivity contribution >= 4 is 23.4 Å². The predicted molar refractivity (Wildman–Crippen MR) is 146 cm³/mol. The molecule has 0 aliphatic carbocycles. The van der Waals surface area contributed by atoms with Crippen LogP contribution in [0.3, 0.4) is 0 Å². The van der Waals surface area contributed by atoms with E-state index in [9.17, 15) is 14.7 Å². The number of ether oxygens (including phenoxy) is 3. The first-order valence-corrected chi connectivity index (χ1v) is 13.3. The Kier molecular flexibility index (Phi) is 8.36. The van der Waals surface area contributed by atoms with Crippen LogP contribution in [0.2, 0.25) is 0 Å². The number of phenols is 1. The van der Waals surface area contributed by atoms with Gasteiger partial charge in [-0.3, -0.25) is 9.36 Å². The predicted octanol–water partition coefficient (Wildman–Crippen LogP) is 3.94. The Morgan fingerprint density at radius 1 is 1.21 bits per heavy atom. The summed E-state index contributed by atoms with van der Waals surface area (Å²) in [6, 6.07) is 11.6. The van der Waals surface area contributed by atoms with Gasteiger partial charge in [0.2, 0.25) is 0 Å². The van der Waals surface area contributed by atoms with Crippen LogP contribution >= 0.6 is 11.3 Å². The molecule has 0 saturated heterocycles. The number of hydrogen-bond donors (Lipinski definition) is 1. The highest BCUT2D eigenvalue weighted by Crippen LogP contribution is 2.32. The molecule has 1 aliphatic rings. The van der Waals surface area contributed by atoms with Gasteiger partial charge in [0.1, 0.15) is 5.75 Å². The topological polar surface area (TPSA) is 99.4 Å². The maximum atomic E-state index is 13.8. The van der Waals surface area contributed by atoms with E-state index in [1.165, 1.54) is 24.5 Å². The lowest BCUT2D eigenvalue weighted by Gasteiger charge is -2.25. The van der Waals surface area contributed by atoms with E-state index in [0.717, 1.165) is 12.0 Å². The number of aromatic hydroxyl groups is 1. The van der Waals surface area contributed by atoms with Gasteiger partial charge >= 0.3 is 5.97 Å². The number of fused-ring (bicyclic) bond motifs is 1. The third-order valence-corrected chi connectivity index (χ3v) is 6.94. The number of rotatable bonds is 9. The zero-order valence-electron chi connectivity index (χ0n) is 22.2. The summed E-state index contributed by atoms with van der Waals surface area (Å²) in [5, 5.41) is 9.93. The minimum absolute atomic E-state index is 0.0117. The second-order valence-corrected chi connectivity index (χ2v) is 10.4. The zero-order chi connectivity index (χ0) is 27.4. The van der Waals surface area contributed by atoms with E-state index in [1.54, 1.807) is 29.7 Å². The Hall–Kier alpha value is -3.85. The normalized spacial score (nSPS) is 15.3. The fourth-order valence-corrected chi connectivity index (χ4v) is 5.17. The molecule has 1 aromatic heterocycles. The molecule has 9 heteroatoms. The van der Waals surface area contributed by atoms with E-state index in [-0.39, 0.29) is 23.8 Å². The molecule has 1 N–H and O–H groups in total. The summed E-state index contributed by atoms with van der Waals surface area (Å²) in [7, 11) is 1.47. The number of benzene rings is 2. The Balaban J connectivity index is 1.85. The molecular weight excluding hydrogens is 504 g/mol. The number of nitrogens with zero attached hydrogens (tertiary/aromatic N) is 2. The summed E-state index contributed by atoms with van der Waals surface area (Å²) >= 11 is 1.24. The van der Waals surface area contributed by atoms with Gasteiger partial charge in [0.05, 0.1) is 42.2 Å². The number of allylic oxidation sites excluding steroid dienone is 1. The van der Waals surface area contributed by atoms with E-state index in [2.05, 4.69) is 4.99 Å². The molecule has 1 atom stereocenters. The monoisotopic (exact) mass is 536 g/mol. The Morgan fingerprint density at radius 3 is 2.61 bits per heavy atom. The van der Waals surface area contributed by atoms with Crippen LogP contribution in [0.25, 0.3) is 6.08 Å². The van der Waals surface area contributed by atoms with Gasteiger partial charge in [0.15, 0.2) is 16.3 Å². The van der Waals surface area contributed by atoms with Crippen LogP contribution in [0.5, 0.6) is 17.2 Å². The molecule has 0 fully saturated rings. The van der Waals surface area contributed by atoms with Crippen LogP contribution in [-0.2, 0) is 9.53 Å². The van der Waals surface area contributed by atoms with E-state index in [4.69, 9.17) is 14.2 Å². The minimum atomic E-state index is -0.706. The van der Waals surface area contributed by atoms with Crippen molar-refractivity contribution in [1.82, 2.24) is 4.57 Å². The maximum Gasteiger partial charge on any atom is 0.338 e. The molecule has 0 saturated carbocycles. The van der Waals surface area contributed by atoms with E-state index in [1.807, 2.05) is 45.0 Å². The van der Waals surface area contributed by atoms with E-state index >= 15 is 0 Å². The fourth-order valence-electron chi connectivity index (χ4n) is 4.12. The Morgan fingerprint density at radius 2 is 1.95 bits per heavy atom. The van der Waals surface area contributed by atoms with Gasteiger partial charge in [0.25, 0.3) is 5.56 Å². The van der Waals surface area contributed by atoms with E-state index < -0.39 is 12.0 Å². The highest BCUT2D eigenvalue weighted by Gasteiger charge is 2.33. The first-order valence-electron chi connectivity index (χ1n) is 12.5. The highest BCUT2D eigenvalue weighted by molar-refractivity contribution is 7.07. The summed E-state index contributed by atoms with van der Waals surface area (Å²) in [6.45, 7) is 8.60. The van der Waals surface area contributed by atoms with Gasteiger partial charge in [-0.1, -0.05) is 50.3 Å². The smallest absolute Gasteiger partial charge is 0.338 e. The fraction of sp³-hybridized carbons (Fsp3) is 0.345. The van der Waals surface area contributed by atoms with Gasteiger partial charge in [0, 0.05) is 0 Å². The van der Waals surface area contributed by atoms with Crippen molar-refractivity contribution in [2.24, 2.45) is 10.9 Å². The average molecular weight is 537 g/mol. The molecule has 2 aromatic carbocycles. The van der Waals surface area contributed by atoms with Crippen LogP contribution < -0.4 is 24.4 Å². The molecule has 0 spiro atoms. The number of esters is 1. The third-order valence-electron chi connectivity index (χ3n) is 5.96. The van der Waals surface area contributed by atoms with Crippen LogP contribution in [0.4, 0.5) is 0 Å². The molecule has 0 bridgehead atoms. The molecule has 1 unspecified atom stereocenters. The standard InChI is InChI=1S/C29H32N2O6S/c1-6-13-36-21-10-8-20(9-11-21)26-25(28(34)37-16-17(2)3)18(4)30-29-31(26)27(33)24(38-29)15-19-7-12-22(32)23(14-19)35-5/h7-12,14-15,17,26,32H,6,13,16H2,1-5H3/b24-15-. The number of hydrogen-bond acceptors (Lipinski definition) is 8. The van der Waals surface area contributed by atoms with Gasteiger partial charge in [-0.2, -0.15) is 0 Å². The molecule has 200 valence electrons. The molecule has 8 nitrogen and oxygen atoms in total. The SMILES string of the molecule is CCCOc1ccc(C2C(C(=O)OCC(C)C)=C(C)N=c3s/c(=C\c4ccc(O)c(OC)c4)c(=O)n32)cc1. The summed E-state index contributed by atoms with van der Waals surface area (Å²) in [5.41, 5.74) is 2.00. The van der Waals surface area contributed by atoms with Gasteiger partial charge in [-0.25, -0.2) is 9.79 Å². The Labute approximate surface area is 225 Å². The highest BCUT2D eigenvalue weighted by atomic mass is 32.1. The van der Waals surface area contributed by atoms with Crippen molar-refractivity contribution in [2.45, 2.75) is 40.2 Å². The number of thiazole rings is 1. The lowest BCUT2D eigenvalue weighted by molar-refractivity contribution is -0.140. The van der Waals surface area contributed by atoms with E-state index in [0.29, 0.717) is 44.3 Å². The van der Waals surface area contributed by atoms with Gasteiger partial charge < -0.3 is 19.3 Å². The first-order chi connectivity index (χ1) is 18.2. The lowest BCUT2D eigenvalue weighted by Crippen LogP contribution is -2.40. The van der Waals surface area contributed by atoms with Crippen molar-refractivity contribution < 1.29 is 24.1 Å². The minimum Gasteiger partial charge on any atom is -0.504 e. The number of carbonyl (C=O) groups is 1. The molecule has 38 heavy (non-hydrogen) atoms. The summed E-state index contributed by atoms with van der Waals surface area (Å²) in [5.74, 6) is 0.706. The molecule has 4 rings (SSSR count). The number of methoxy groups -OCH3 is 1. The van der Waals surface area contributed by atoms with Crippen LogP contribution in [0, 0.1) is 5.92 Å². The summed E-state index contributed by atoms with van der Waals surface area (Å²) in [4.78, 5) is 32.2. The van der Waals surface area contributed by atoms with Crippen LogP contribution in [0.1, 0.15) is 51.3 Å². The van der Waals surface area contributed by atoms with Gasteiger partial charge in [-0.05, 0) is 60.7 Å². The third kappa shape index (κ3) is 5.67. The second-order valence-electron chi connectivity index (χ2n) is 9.42. The molecule has 3 aromatic rings. The second kappa shape index (κ2) is 11.7. The molecule has 0 radical (unpaired) electrons. The Bertz CT molecular complexity index is 1530. The van der Waals surface area contributed by atoms with Crippen molar-refractivity contribution in [3.8, 4) is 17.2 Å². The average Bonchev–Trinajstić information content (AvgIpc) is 3.20. The molecular formula is C29H32N2O6S. The summed E-state index contributed by atoms with van der Waals surface area (Å²) in [6.07, 6.45) is 2.61. The van der Waals surface area contributed by atoms with Crippen molar-refractivity contribution in [3.05, 3.63) is 84.5 Å². The maximum absolute atomic E-state index is 13.8. The van der Waals surface area contributed by atoms with Crippen molar-refractivity contribution in [2.75, 3.05) is 20.3 Å². The summed E-state index contributed by atoms with van der Waals surface area (Å²) < 4.78 is 18.5. The van der Waals surface area contributed by atoms with Crippen LogP contribution in [0.15, 0.2) is 63.5 Å². The lowest BCUT2D eigenvalue weighted by atomic mass is 9.96. The quantitative estimate of drug-likeness (QED) is 0.416. The number of aromatic nitrogens is 1. The largest absolute Gasteiger partial charge is 0.504 e. The zero-order valence-corrected chi connectivity index (χ0v) is 23.0. The molecule has 2 heterocycles. The van der Waals surface area contributed by atoms with Crippen LogP contribution in [-0.4, -0.2) is 36.0 Å². The van der Waals surface area contributed by atoms with Crippen molar-refractivity contribution in [1.29, 1.82) is 0 Å². The first kappa shape index (κ1) is 27.2.